The number of amides is 1. The summed E-state index contributed by atoms with van der Waals surface area (Å²) in [4.78, 5) is 17.5. The number of aliphatic hydroxyl groups is 1. The Balaban J connectivity index is 1.83. The zero-order valence-electron chi connectivity index (χ0n) is 9.12. The molecule has 1 aliphatic heterocycles. The highest BCUT2D eigenvalue weighted by atomic mass is 16.3. The number of aryl methyl sites for hydroxylation is 1. The fourth-order valence-electron chi connectivity index (χ4n) is 2.06. The summed E-state index contributed by atoms with van der Waals surface area (Å²) in [5.41, 5.74) is 0. The van der Waals surface area contributed by atoms with E-state index in [1.807, 2.05) is 0 Å². The van der Waals surface area contributed by atoms with Gasteiger partial charge in [0.05, 0.1) is 19.2 Å². The zero-order chi connectivity index (χ0) is 11.4. The van der Waals surface area contributed by atoms with Gasteiger partial charge in [0.15, 0.2) is 0 Å². The fourth-order valence-corrected chi connectivity index (χ4v) is 2.06. The summed E-state index contributed by atoms with van der Waals surface area (Å²) in [7, 11) is 0. The lowest BCUT2D eigenvalue weighted by atomic mass is 10.2. The molecule has 1 N–H and O–H groups in total. The number of aliphatic hydroxyl groups excluding tert-OH is 1. The standard InChI is InChI=1S/C10H16N4O2/c15-6-9-2-1-4-14(9)10(16)3-5-13-8-11-7-12-13/h7-9,15H,1-6H2. The molecule has 1 atom stereocenters. The van der Waals surface area contributed by atoms with Crippen LogP contribution in [0.5, 0.6) is 0 Å². The zero-order valence-corrected chi connectivity index (χ0v) is 9.12. The van der Waals surface area contributed by atoms with Crippen molar-refractivity contribution in [1.82, 2.24) is 19.7 Å². The molecule has 1 unspecified atom stereocenters. The Morgan fingerprint density at radius 1 is 1.56 bits per heavy atom. The van der Waals surface area contributed by atoms with Gasteiger partial charge in [0.25, 0.3) is 0 Å². The summed E-state index contributed by atoms with van der Waals surface area (Å²) in [6.45, 7) is 1.38. The minimum absolute atomic E-state index is 0.0169. The molecule has 2 rings (SSSR count). The molecule has 0 bridgehead atoms. The van der Waals surface area contributed by atoms with Gasteiger partial charge in [-0.15, -0.1) is 0 Å². The molecule has 2 heterocycles. The highest BCUT2D eigenvalue weighted by Gasteiger charge is 2.27. The minimum Gasteiger partial charge on any atom is -0.394 e. The number of aromatic nitrogens is 3. The van der Waals surface area contributed by atoms with Gasteiger partial charge < -0.3 is 10.0 Å². The first-order chi connectivity index (χ1) is 7.81. The number of likely N-dealkylation sites (tertiary alicyclic amines) is 1. The lowest BCUT2D eigenvalue weighted by molar-refractivity contribution is -0.133. The molecule has 1 aliphatic rings. The highest BCUT2D eigenvalue weighted by molar-refractivity contribution is 5.76. The van der Waals surface area contributed by atoms with Gasteiger partial charge in [-0.2, -0.15) is 5.10 Å². The first kappa shape index (κ1) is 11.1. The van der Waals surface area contributed by atoms with Gasteiger partial charge in [-0.25, -0.2) is 4.98 Å². The average molecular weight is 224 g/mol. The summed E-state index contributed by atoms with van der Waals surface area (Å²) >= 11 is 0. The number of carbonyl (C=O) groups is 1. The molecule has 1 fully saturated rings. The molecule has 1 saturated heterocycles. The molecule has 88 valence electrons. The second-order valence-corrected chi connectivity index (χ2v) is 3.97. The molecule has 1 aromatic heterocycles. The van der Waals surface area contributed by atoms with Gasteiger partial charge in [0, 0.05) is 13.0 Å². The number of hydrogen-bond donors (Lipinski definition) is 1. The lowest BCUT2D eigenvalue weighted by Gasteiger charge is -2.22. The second-order valence-electron chi connectivity index (χ2n) is 3.97. The van der Waals surface area contributed by atoms with Crippen LogP contribution in [-0.2, 0) is 11.3 Å². The molecule has 0 saturated carbocycles. The molecule has 0 radical (unpaired) electrons. The van der Waals surface area contributed by atoms with Crippen LogP contribution in [0.2, 0.25) is 0 Å². The SMILES string of the molecule is O=C(CCn1cncn1)N1CCCC1CO. The lowest BCUT2D eigenvalue weighted by Crippen LogP contribution is -2.38. The first-order valence-corrected chi connectivity index (χ1v) is 5.54. The van der Waals surface area contributed by atoms with E-state index in [0.29, 0.717) is 13.0 Å². The van der Waals surface area contributed by atoms with Crippen molar-refractivity contribution >= 4 is 5.91 Å². The van der Waals surface area contributed by atoms with Gasteiger partial charge in [-0.05, 0) is 12.8 Å². The summed E-state index contributed by atoms with van der Waals surface area (Å²) in [5, 5.41) is 13.1. The van der Waals surface area contributed by atoms with Crippen molar-refractivity contribution in [2.24, 2.45) is 0 Å². The van der Waals surface area contributed by atoms with Gasteiger partial charge in [-0.3, -0.25) is 9.48 Å². The van der Waals surface area contributed by atoms with E-state index in [1.54, 1.807) is 15.9 Å². The summed E-state index contributed by atoms with van der Waals surface area (Å²) < 4.78 is 1.64. The van der Waals surface area contributed by atoms with Gasteiger partial charge >= 0.3 is 0 Å². The van der Waals surface area contributed by atoms with E-state index in [2.05, 4.69) is 10.1 Å². The third-order valence-electron chi connectivity index (χ3n) is 2.93. The maximum atomic E-state index is 11.9. The fraction of sp³-hybridized carbons (Fsp3) is 0.700. The Morgan fingerprint density at radius 2 is 2.44 bits per heavy atom. The highest BCUT2D eigenvalue weighted by Crippen LogP contribution is 2.17. The molecule has 16 heavy (non-hydrogen) atoms. The molecular weight excluding hydrogens is 208 g/mol. The van der Waals surface area contributed by atoms with Crippen LogP contribution in [0.25, 0.3) is 0 Å². The monoisotopic (exact) mass is 224 g/mol. The van der Waals surface area contributed by atoms with Crippen molar-refractivity contribution in [3.63, 3.8) is 0 Å². The molecule has 1 aromatic rings. The summed E-state index contributed by atoms with van der Waals surface area (Å²) in [5.74, 6) is 0.0899. The normalized spacial score (nSPS) is 20.3. The van der Waals surface area contributed by atoms with Crippen molar-refractivity contribution in [2.45, 2.75) is 31.8 Å². The topological polar surface area (TPSA) is 71.2 Å². The smallest absolute Gasteiger partial charge is 0.224 e. The predicted octanol–water partition coefficient (Wildman–Crippen LogP) is -0.349. The number of rotatable bonds is 4. The van der Waals surface area contributed by atoms with Crippen molar-refractivity contribution in [1.29, 1.82) is 0 Å². The van der Waals surface area contributed by atoms with Crippen LogP contribution >= 0.6 is 0 Å². The van der Waals surface area contributed by atoms with Crippen molar-refractivity contribution in [3.05, 3.63) is 12.7 Å². The molecule has 1 amide bonds. The van der Waals surface area contributed by atoms with E-state index >= 15 is 0 Å². The Hall–Kier alpha value is -1.43. The first-order valence-electron chi connectivity index (χ1n) is 5.54. The Morgan fingerprint density at radius 3 is 3.12 bits per heavy atom. The van der Waals surface area contributed by atoms with Gasteiger partial charge in [-0.1, -0.05) is 0 Å². The predicted molar refractivity (Wildman–Crippen MR) is 56.5 cm³/mol. The summed E-state index contributed by atoms with van der Waals surface area (Å²) in [6, 6.07) is 0.0169. The number of carbonyl (C=O) groups excluding carboxylic acids is 1. The van der Waals surface area contributed by atoms with Crippen LogP contribution in [-0.4, -0.2) is 49.9 Å². The average Bonchev–Trinajstić information content (AvgIpc) is 2.96. The Labute approximate surface area is 93.9 Å². The summed E-state index contributed by atoms with van der Waals surface area (Å²) in [6.07, 6.45) is 5.36. The van der Waals surface area contributed by atoms with E-state index in [4.69, 9.17) is 5.11 Å². The largest absolute Gasteiger partial charge is 0.394 e. The molecule has 0 aromatic carbocycles. The molecule has 0 spiro atoms. The maximum absolute atomic E-state index is 11.9. The van der Waals surface area contributed by atoms with E-state index in [0.717, 1.165) is 19.4 Å². The van der Waals surface area contributed by atoms with E-state index in [9.17, 15) is 4.79 Å². The van der Waals surface area contributed by atoms with Gasteiger partial charge in [0.1, 0.15) is 12.7 Å². The second kappa shape index (κ2) is 5.07. The van der Waals surface area contributed by atoms with Crippen LogP contribution in [0.3, 0.4) is 0 Å². The molecule has 0 aliphatic carbocycles. The minimum atomic E-state index is 0.0169. The van der Waals surface area contributed by atoms with Crippen LogP contribution < -0.4 is 0 Å². The van der Waals surface area contributed by atoms with Crippen molar-refractivity contribution < 1.29 is 9.90 Å². The molecule has 6 heteroatoms. The molecular formula is C10H16N4O2. The van der Waals surface area contributed by atoms with Crippen molar-refractivity contribution in [3.8, 4) is 0 Å². The van der Waals surface area contributed by atoms with Crippen LogP contribution in [0.1, 0.15) is 19.3 Å². The van der Waals surface area contributed by atoms with E-state index < -0.39 is 0 Å². The Bertz CT molecular complexity index is 339. The van der Waals surface area contributed by atoms with Crippen LogP contribution in [0.4, 0.5) is 0 Å². The van der Waals surface area contributed by atoms with Gasteiger partial charge in [0.2, 0.25) is 5.91 Å². The third kappa shape index (κ3) is 2.38. The van der Waals surface area contributed by atoms with E-state index in [-0.39, 0.29) is 18.6 Å². The van der Waals surface area contributed by atoms with Crippen LogP contribution in [0, 0.1) is 0 Å². The molecule has 6 nitrogen and oxygen atoms in total. The number of hydrogen-bond acceptors (Lipinski definition) is 4. The third-order valence-corrected chi connectivity index (χ3v) is 2.93. The quantitative estimate of drug-likeness (QED) is 0.759. The number of nitrogens with zero attached hydrogens (tertiary/aromatic N) is 4. The van der Waals surface area contributed by atoms with E-state index in [1.165, 1.54) is 6.33 Å². The Kier molecular flexibility index (Phi) is 3.51. The van der Waals surface area contributed by atoms with Crippen LogP contribution in [0.15, 0.2) is 12.7 Å². The van der Waals surface area contributed by atoms with Crippen molar-refractivity contribution in [2.75, 3.05) is 13.2 Å². The maximum Gasteiger partial charge on any atom is 0.224 e.